The summed E-state index contributed by atoms with van der Waals surface area (Å²) in [7, 11) is 3.15. The van der Waals surface area contributed by atoms with Crippen LogP contribution >= 0.6 is 34.8 Å². The van der Waals surface area contributed by atoms with E-state index < -0.39 is 9.71 Å². The summed E-state index contributed by atoms with van der Waals surface area (Å²) < 4.78 is 9.27. The van der Waals surface area contributed by atoms with Gasteiger partial charge in [0.1, 0.15) is 0 Å². The van der Waals surface area contributed by atoms with E-state index in [1.165, 1.54) is 0 Å². The topological polar surface area (TPSA) is 18.5 Å². The van der Waals surface area contributed by atoms with Gasteiger partial charge in [-0.25, -0.2) is 0 Å². The molecule has 0 aromatic heterocycles. The Bertz CT molecular complexity index is 594. The average molecular weight is 346 g/mol. The fourth-order valence-corrected chi connectivity index (χ4v) is 3.06. The molecule has 0 aliphatic rings. The Kier molecular flexibility index (Phi) is 5.26. The lowest BCUT2D eigenvalue weighted by atomic mass is 9.91. The third-order valence-electron chi connectivity index (χ3n) is 3.20. The van der Waals surface area contributed by atoms with Crippen molar-refractivity contribution in [2.45, 2.75) is 9.71 Å². The molecule has 0 saturated heterocycles. The van der Waals surface area contributed by atoms with Crippen LogP contribution in [0.3, 0.4) is 0 Å². The van der Waals surface area contributed by atoms with E-state index in [-0.39, 0.29) is 0 Å². The number of hydrogen-bond donors (Lipinski definition) is 0. The molecule has 5 heteroatoms. The number of para-hydroxylation sites is 1. The molecule has 2 rings (SSSR count). The summed E-state index contributed by atoms with van der Waals surface area (Å²) in [6.45, 7) is 0. The van der Waals surface area contributed by atoms with Crippen LogP contribution in [-0.4, -0.2) is 18.0 Å². The van der Waals surface area contributed by atoms with Gasteiger partial charge in [-0.2, -0.15) is 0 Å². The lowest BCUT2D eigenvalue weighted by Crippen LogP contribution is -2.19. The molecule has 21 heavy (non-hydrogen) atoms. The maximum atomic E-state index is 6.23. The molecular formula is C16H15Cl3O2. The van der Waals surface area contributed by atoms with Gasteiger partial charge in [0, 0.05) is 5.56 Å². The number of benzene rings is 2. The molecule has 1 atom stereocenters. The van der Waals surface area contributed by atoms with Crippen molar-refractivity contribution in [3.05, 3.63) is 59.7 Å². The predicted molar refractivity (Wildman–Crippen MR) is 88.1 cm³/mol. The SMILES string of the molecule is COc1cccc(C(c2ccccc2)C(Cl)(Cl)Cl)c1OC. The third kappa shape index (κ3) is 3.57. The van der Waals surface area contributed by atoms with Crippen molar-refractivity contribution in [1.82, 2.24) is 0 Å². The van der Waals surface area contributed by atoms with Crippen molar-refractivity contribution in [2.24, 2.45) is 0 Å². The summed E-state index contributed by atoms with van der Waals surface area (Å²) >= 11 is 18.7. The van der Waals surface area contributed by atoms with Crippen LogP contribution in [0.4, 0.5) is 0 Å². The maximum Gasteiger partial charge on any atom is 0.201 e. The lowest BCUT2D eigenvalue weighted by molar-refractivity contribution is 0.350. The van der Waals surface area contributed by atoms with Gasteiger partial charge >= 0.3 is 0 Å². The molecule has 0 radical (unpaired) electrons. The lowest BCUT2D eigenvalue weighted by Gasteiger charge is -2.27. The highest BCUT2D eigenvalue weighted by Crippen LogP contribution is 2.49. The van der Waals surface area contributed by atoms with Gasteiger partial charge < -0.3 is 9.47 Å². The standard InChI is InChI=1S/C16H15Cl3O2/c1-20-13-10-6-9-12(15(13)21-2)14(16(17,18)19)11-7-4-3-5-8-11/h3-10,14H,1-2H3. The fourth-order valence-electron chi connectivity index (χ4n) is 2.33. The molecule has 2 aromatic rings. The zero-order valence-corrected chi connectivity index (χ0v) is 13.9. The minimum atomic E-state index is -1.51. The molecule has 0 spiro atoms. The molecule has 0 fully saturated rings. The Balaban J connectivity index is 2.63. The summed E-state index contributed by atoms with van der Waals surface area (Å²) in [4.78, 5) is 0. The zero-order chi connectivity index (χ0) is 15.5. The largest absolute Gasteiger partial charge is 0.493 e. The highest BCUT2D eigenvalue weighted by Gasteiger charge is 2.37. The molecule has 0 saturated carbocycles. The minimum absolute atomic E-state index is 0.464. The van der Waals surface area contributed by atoms with Crippen molar-refractivity contribution < 1.29 is 9.47 Å². The molecule has 0 N–H and O–H groups in total. The van der Waals surface area contributed by atoms with Gasteiger partial charge in [0.15, 0.2) is 11.5 Å². The van der Waals surface area contributed by atoms with Crippen LogP contribution in [0.15, 0.2) is 48.5 Å². The molecule has 0 aliphatic heterocycles. The van der Waals surface area contributed by atoms with Gasteiger partial charge in [0.05, 0.1) is 20.1 Å². The zero-order valence-electron chi connectivity index (χ0n) is 11.6. The van der Waals surface area contributed by atoms with E-state index in [1.807, 2.05) is 48.5 Å². The van der Waals surface area contributed by atoms with E-state index >= 15 is 0 Å². The van der Waals surface area contributed by atoms with Crippen LogP contribution in [0.25, 0.3) is 0 Å². The first-order chi connectivity index (χ1) is 9.99. The van der Waals surface area contributed by atoms with E-state index in [1.54, 1.807) is 14.2 Å². The Hall–Kier alpha value is -1.09. The molecule has 0 amide bonds. The second-order valence-corrected chi connectivity index (χ2v) is 6.84. The first kappa shape index (κ1) is 16.3. The van der Waals surface area contributed by atoms with Gasteiger partial charge in [-0.3, -0.25) is 0 Å². The molecule has 0 aliphatic carbocycles. The maximum absolute atomic E-state index is 6.23. The monoisotopic (exact) mass is 344 g/mol. The Morgan fingerprint density at radius 2 is 1.52 bits per heavy atom. The Morgan fingerprint density at radius 1 is 0.857 bits per heavy atom. The first-order valence-electron chi connectivity index (χ1n) is 6.31. The highest BCUT2D eigenvalue weighted by molar-refractivity contribution is 6.68. The Labute approximate surface area is 139 Å². The van der Waals surface area contributed by atoms with Crippen molar-refractivity contribution in [3.63, 3.8) is 0 Å². The number of ether oxygens (including phenoxy) is 2. The number of alkyl halides is 3. The van der Waals surface area contributed by atoms with E-state index in [0.29, 0.717) is 11.5 Å². The second-order valence-electron chi connectivity index (χ2n) is 4.47. The number of halogens is 3. The van der Waals surface area contributed by atoms with Crippen molar-refractivity contribution in [3.8, 4) is 11.5 Å². The third-order valence-corrected chi connectivity index (χ3v) is 3.86. The van der Waals surface area contributed by atoms with Gasteiger partial charge in [-0.15, -0.1) is 0 Å². The van der Waals surface area contributed by atoms with Gasteiger partial charge in [-0.05, 0) is 11.6 Å². The van der Waals surface area contributed by atoms with E-state index in [2.05, 4.69) is 0 Å². The first-order valence-corrected chi connectivity index (χ1v) is 7.45. The molecule has 0 bridgehead atoms. The van der Waals surface area contributed by atoms with Gasteiger partial charge in [0.25, 0.3) is 0 Å². The van der Waals surface area contributed by atoms with E-state index in [4.69, 9.17) is 44.3 Å². The summed E-state index contributed by atoms with van der Waals surface area (Å²) in [6.07, 6.45) is 0. The summed E-state index contributed by atoms with van der Waals surface area (Å²) in [6, 6.07) is 15.1. The van der Waals surface area contributed by atoms with Crippen LogP contribution in [0, 0.1) is 0 Å². The molecule has 2 nitrogen and oxygen atoms in total. The van der Waals surface area contributed by atoms with Crippen LogP contribution in [-0.2, 0) is 0 Å². The number of hydrogen-bond acceptors (Lipinski definition) is 2. The molecule has 1 unspecified atom stereocenters. The number of rotatable bonds is 4. The van der Waals surface area contributed by atoms with E-state index in [0.717, 1.165) is 11.1 Å². The minimum Gasteiger partial charge on any atom is -0.493 e. The van der Waals surface area contributed by atoms with Crippen molar-refractivity contribution >= 4 is 34.8 Å². The highest BCUT2D eigenvalue weighted by atomic mass is 35.6. The Morgan fingerprint density at radius 3 is 2.05 bits per heavy atom. The normalized spacial score (nSPS) is 12.8. The van der Waals surface area contributed by atoms with Gasteiger partial charge in [0.2, 0.25) is 3.79 Å². The van der Waals surface area contributed by atoms with Crippen molar-refractivity contribution in [1.29, 1.82) is 0 Å². The fraction of sp³-hybridized carbons (Fsp3) is 0.250. The second kappa shape index (κ2) is 6.78. The summed E-state index contributed by atoms with van der Waals surface area (Å²) in [5.41, 5.74) is 1.66. The quantitative estimate of drug-likeness (QED) is 0.709. The number of methoxy groups -OCH3 is 2. The average Bonchev–Trinajstić information content (AvgIpc) is 2.46. The van der Waals surface area contributed by atoms with Crippen molar-refractivity contribution in [2.75, 3.05) is 14.2 Å². The summed E-state index contributed by atoms with van der Waals surface area (Å²) in [5.74, 6) is 0.708. The molecule has 0 heterocycles. The molecule has 112 valence electrons. The van der Waals surface area contributed by atoms with E-state index in [9.17, 15) is 0 Å². The van der Waals surface area contributed by atoms with Crippen LogP contribution in [0.5, 0.6) is 11.5 Å². The van der Waals surface area contributed by atoms with Gasteiger partial charge in [-0.1, -0.05) is 77.3 Å². The predicted octanol–water partition coefficient (Wildman–Crippen LogP) is 5.21. The van der Waals surface area contributed by atoms with Crippen LogP contribution < -0.4 is 9.47 Å². The van der Waals surface area contributed by atoms with Crippen LogP contribution in [0.2, 0.25) is 0 Å². The molecule has 2 aromatic carbocycles. The smallest absolute Gasteiger partial charge is 0.201 e. The molecular weight excluding hydrogens is 331 g/mol. The van der Waals surface area contributed by atoms with Crippen LogP contribution in [0.1, 0.15) is 17.0 Å². The summed E-state index contributed by atoms with van der Waals surface area (Å²) in [5, 5.41) is 0.